The molecule has 0 heterocycles. The van der Waals surface area contributed by atoms with E-state index in [0.29, 0.717) is 5.25 Å². The lowest BCUT2D eigenvalue weighted by molar-refractivity contribution is 1.21. The van der Waals surface area contributed by atoms with E-state index in [1.807, 2.05) is 11.8 Å². The maximum atomic E-state index is 2.26. The van der Waals surface area contributed by atoms with Gasteiger partial charge >= 0.3 is 0 Å². The van der Waals surface area contributed by atoms with Gasteiger partial charge in [-0.3, -0.25) is 0 Å². The van der Waals surface area contributed by atoms with Gasteiger partial charge in [0.1, 0.15) is 0 Å². The Morgan fingerprint density at radius 2 is 1.05 bits per heavy atom. The van der Waals surface area contributed by atoms with Crippen molar-refractivity contribution >= 4 is 11.8 Å². The first kappa shape index (κ1) is 11.8. The first-order valence-corrected chi connectivity index (χ1v) is 7.71. The Morgan fingerprint density at radius 3 is 1.65 bits per heavy atom. The van der Waals surface area contributed by atoms with Crippen molar-refractivity contribution in [2.75, 3.05) is 0 Å². The topological polar surface area (TPSA) is 0 Å². The Bertz CT molecular complexity index is 701. The SMILES string of the molecule is c1ccc(SC2c3ccccc3-c3ccccc32)cc1. The van der Waals surface area contributed by atoms with Crippen LogP contribution in [0.5, 0.6) is 0 Å². The smallest absolute Gasteiger partial charge is 0.0606 e. The van der Waals surface area contributed by atoms with E-state index in [4.69, 9.17) is 0 Å². The molecule has 0 unspecified atom stereocenters. The molecule has 0 nitrogen and oxygen atoms in total. The van der Waals surface area contributed by atoms with Crippen LogP contribution in [0.1, 0.15) is 16.4 Å². The average molecular weight is 274 g/mol. The lowest BCUT2D eigenvalue weighted by Crippen LogP contribution is -1.90. The molecule has 0 spiro atoms. The summed E-state index contributed by atoms with van der Waals surface area (Å²) in [7, 11) is 0. The molecule has 0 bridgehead atoms. The molecule has 20 heavy (non-hydrogen) atoms. The van der Waals surface area contributed by atoms with Gasteiger partial charge in [-0.25, -0.2) is 0 Å². The zero-order valence-corrected chi connectivity index (χ0v) is 11.8. The Labute approximate surface area is 123 Å². The fraction of sp³-hybridized carbons (Fsp3) is 0.0526. The van der Waals surface area contributed by atoms with Gasteiger partial charge in [0.25, 0.3) is 0 Å². The van der Waals surface area contributed by atoms with E-state index in [-0.39, 0.29) is 0 Å². The van der Waals surface area contributed by atoms with Gasteiger partial charge in [-0.05, 0) is 34.4 Å². The monoisotopic (exact) mass is 274 g/mol. The number of benzene rings is 3. The highest BCUT2D eigenvalue weighted by Crippen LogP contribution is 2.51. The third-order valence-electron chi connectivity index (χ3n) is 3.77. The number of hydrogen-bond acceptors (Lipinski definition) is 1. The second-order valence-corrected chi connectivity index (χ2v) is 6.16. The van der Waals surface area contributed by atoms with Crippen molar-refractivity contribution in [3.63, 3.8) is 0 Å². The highest BCUT2D eigenvalue weighted by molar-refractivity contribution is 7.99. The summed E-state index contributed by atoms with van der Waals surface area (Å²) in [6.45, 7) is 0. The number of fused-ring (bicyclic) bond motifs is 3. The van der Waals surface area contributed by atoms with E-state index < -0.39 is 0 Å². The third kappa shape index (κ3) is 1.86. The van der Waals surface area contributed by atoms with Gasteiger partial charge in [-0.2, -0.15) is 0 Å². The van der Waals surface area contributed by atoms with E-state index >= 15 is 0 Å². The maximum absolute atomic E-state index is 2.26. The summed E-state index contributed by atoms with van der Waals surface area (Å²) in [5.41, 5.74) is 5.64. The summed E-state index contributed by atoms with van der Waals surface area (Å²) < 4.78 is 0. The maximum Gasteiger partial charge on any atom is 0.0606 e. The normalized spacial score (nSPS) is 13.0. The van der Waals surface area contributed by atoms with Crippen LogP contribution in [0.3, 0.4) is 0 Å². The van der Waals surface area contributed by atoms with E-state index in [1.165, 1.54) is 27.1 Å². The molecule has 0 fully saturated rings. The standard InChI is InChI=1S/C19H14S/c1-2-8-14(9-3-1)20-19-17-12-6-4-10-15(17)16-11-5-7-13-18(16)19/h1-13,19H. The lowest BCUT2D eigenvalue weighted by Gasteiger charge is -2.13. The fourth-order valence-electron chi connectivity index (χ4n) is 2.87. The minimum absolute atomic E-state index is 0.407. The van der Waals surface area contributed by atoms with Crippen molar-refractivity contribution in [2.45, 2.75) is 10.1 Å². The third-order valence-corrected chi connectivity index (χ3v) is 5.06. The molecule has 0 N–H and O–H groups in total. The minimum Gasteiger partial charge on any atom is -0.113 e. The van der Waals surface area contributed by atoms with Crippen molar-refractivity contribution in [1.29, 1.82) is 0 Å². The first-order chi connectivity index (χ1) is 9.93. The number of thioether (sulfide) groups is 1. The molecule has 3 aromatic rings. The molecule has 1 aliphatic rings. The molecule has 4 rings (SSSR count). The second-order valence-electron chi connectivity index (χ2n) is 4.99. The van der Waals surface area contributed by atoms with Crippen molar-refractivity contribution < 1.29 is 0 Å². The van der Waals surface area contributed by atoms with Crippen LogP contribution in [-0.4, -0.2) is 0 Å². The molecule has 0 saturated carbocycles. The van der Waals surface area contributed by atoms with Crippen LogP contribution in [-0.2, 0) is 0 Å². The second kappa shape index (κ2) is 4.84. The van der Waals surface area contributed by atoms with Gasteiger partial charge < -0.3 is 0 Å². The molecule has 0 aliphatic heterocycles. The molecule has 3 aromatic carbocycles. The Morgan fingerprint density at radius 1 is 0.550 bits per heavy atom. The van der Waals surface area contributed by atoms with Gasteiger partial charge in [0.05, 0.1) is 5.25 Å². The predicted octanol–water partition coefficient (Wildman–Crippen LogP) is 5.55. The van der Waals surface area contributed by atoms with Gasteiger partial charge in [0, 0.05) is 4.90 Å². The van der Waals surface area contributed by atoms with E-state index in [2.05, 4.69) is 78.9 Å². The van der Waals surface area contributed by atoms with Crippen LogP contribution >= 0.6 is 11.8 Å². The van der Waals surface area contributed by atoms with E-state index in [0.717, 1.165) is 0 Å². The van der Waals surface area contributed by atoms with Gasteiger partial charge in [0.15, 0.2) is 0 Å². The van der Waals surface area contributed by atoms with Crippen molar-refractivity contribution in [3.8, 4) is 11.1 Å². The molecule has 96 valence electrons. The predicted molar refractivity (Wildman–Crippen MR) is 86.0 cm³/mol. The molecule has 0 radical (unpaired) electrons. The van der Waals surface area contributed by atoms with Gasteiger partial charge in [0.2, 0.25) is 0 Å². The van der Waals surface area contributed by atoms with Crippen LogP contribution in [0.4, 0.5) is 0 Å². The fourth-order valence-corrected chi connectivity index (χ4v) is 4.12. The molecule has 0 aromatic heterocycles. The summed E-state index contributed by atoms with van der Waals surface area (Å²) in [5.74, 6) is 0. The quantitative estimate of drug-likeness (QED) is 0.590. The lowest BCUT2D eigenvalue weighted by atomic mass is 10.1. The Kier molecular flexibility index (Phi) is 2.86. The van der Waals surface area contributed by atoms with Gasteiger partial charge in [-0.15, -0.1) is 11.8 Å². The molecule has 0 saturated heterocycles. The van der Waals surface area contributed by atoms with Crippen molar-refractivity contribution in [1.82, 2.24) is 0 Å². The summed E-state index contributed by atoms with van der Waals surface area (Å²) in [6.07, 6.45) is 0. The highest BCUT2D eigenvalue weighted by Gasteiger charge is 2.28. The van der Waals surface area contributed by atoms with E-state index in [1.54, 1.807) is 0 Å². The molecular weight excluding hydrogens is 260 g/mol. The molecule has 1 heteroatoms. The average Bonchev–Trinajstić information content (AvgIpc) is 2.84. The van der Waals surface area contributed by atoms with Crippen molar-refractivity contribution in [3.05, 3.63) is 90.0 Å². The highest BCUT2D eigenvalue weighted by atomic mass is 32.2. The molecule has 1 aliphatic carbocycles. The largest absolute Gasteiger partial charge is 0.113 e. The van der Waals surface area contributed by atoms with Crippen LogP contribution in [0, 0.1) is 0 Å². The summed E-state index contributed by atoms with van der Waals surface area (Å²) in [6, 6.07) is 28.2. The zero-order chi connectivity index (χ0) is 13.4. The zero-order valence-electron chi connectivity index (χ0n) is 11.0. The summed E-state index contributed by atoms with van der Waals surface area (Å²) in [4.78, 5) is 1.32. The summed E-state index contributed by atoms with van der Waals surface area (Å²) >= 11 is 1.94. The van der Waals surface area contributed by atoms with Crippen LogP contribution in [0.15, 0.2) is 83.8 Å². The molecule has 0 atom stereocenters. The Hall–Kier alpha value is -1.99. The Balaban J connectivity index is 1.83. The number of rotatable bonds is 2. The summed E-state index contributed by atoms with van der Waals surface area (Å²) in [5, 5.41) is 0.407. The molecule has 0 amide bonds. The van der Waals surface area contributed by atoms with Crippen LogP contribution < -0.4 is 0 Å². The van der Waals surface area contributed by atoms with E-state index in [9.17, 15) is 0 Å². The first-order valence-electron chi connectivity index (χ1n) is 6.83. The molecular formula is C19H14S. The van der Waals surface area contributed by atoms with Crippen LogP contribution in [0.2, 0.25) is 0 Å². The van der Waals surface area contributed by atoms with Crippen LogP contribution in [0.25, 0.3) is 11.1 Å². The van der Waals surface area contributed by atoms with Crippen molar-refractivity contribution in [2.24, 2.45) is 0 Å². The number of hydrogen-bond donors (Lipinski definition) is 0. The minimum atomic E-state index is 0.407. The van der Waals surface area contributed by atoms with Gasteiger partial charge in [-0.1, -0.05) is 66.7 Å².